The van der Waals surface area contributed by atoms with Crippen LogP contribution in [-0.2, 0) is 4.74 Å². The van der Waals surface area contributed by atoms with E-state index in [9.17, 15) is 14.9 Å². The minimum Gasteiger partial charge on any atom is -0.448 e. The Labute approximate surface area is 133 Å². The third kappa shape index (κ3) is 4.24. The topological polar surface area (TPSA) is 84.7 Å². The summed E-state index contributed by atoms with van der Waals surface area (Å²) in [5.74, 6) is 0.196. The molecule has 120 valence electrons. The second-order valence-corrected chi connectivity index (χ2v) is 5.34. The van der Waals surface area contributed by atoms with E-state index in [1.54, 1.807) is 12.1 Å². The number of benzene rings is 1. The van der Waals surface area contributed by atoms with E-state index in [1.165, 1.54) is 6.07 Å². The smallest absolute Gasteiger partial charge is 0.411 e. The molecule has 1 amide bonds. The average Bonchev–Trinajstić information content (AvgIpc) is 2.53. The van der Waals surface area contributed by atoms with Gasteiger partial charge in [0.1, 0.15) is 12.3 Å². The van der Waals surface area contributed by atoms with Crippen molar-refractivity contribution in [2.24, 2.45) is 0 Å². The van der Waals surface area contributed by atoms with Gasteiger partial charge in [-0.2, -0.15) is 0 Å². The maximum absolute atomic E-state index is 11.5. The number of halogens is 1. The first kappa shape index (κ1) is 16.4. The number of alkyl halides is 1. The van der Waals surface area contributed by atoms with Crippen molar-refractivity contribution in [3.05, 3.63) is 28.3 Å². The van der Waals surface area contributed by atoms with Gasteiger partial charge in [-0.05, 0) is 31.4 Å². The molecule has 1 aromatic carbocycles. The van der Waals surface area contributed by atoms with Crippen molar-refractivity contribution in [1.82, 2.24) is 0 Å². The fourth-order valence-corrected chi connectivity index (χ4v) is 2.51. The number of amides is 1. The van der Waals surface area contributed by atoms with Crippen molar-refractivity contribution in [3.63, 3.8) is 0 Å². The Morgan fingerprint density at radius 2 is 2.09 bits per heavy atom. The highest BCUT2D eigenvalue weighted by atomic mass is 35.5. The standard InChI is InChI=1S/C14H18ClN3O4/c15-6-9-22-14(19)16-11-4-5-12(13(10-11)18(20)21)17-7-2-1-3-8-17/h4-5,10H,1-3,6-9H2,(H,16,19). The highest BCUT2D eigenvalue weighted by Crippen LogP contribution is 2.32. The molecule has 1 aliphatic rings. The van der Waals surface area contributed by atoms with Gasteiger partial charge >= 0.3 is 6.09 Å². The van der Waals surface area contributed by atoms with E-state index in [-0.39, 0.29) is 18.2 Å². The van der Waals surface area contributed by atoms with Crippen LogP contribution < -0.4 is 10.2 Å². The monoisotopic (exact) mass is 327 g/mol. The van der Waals surface area contributed by atoms with Crippen LogP contribution in [0.4, 0.5) is 21.9 Å². The first-order chi connectivity index (χ1) is 10.6. The zero-order chi connectivity index (χ0) is 15.9. The predicted molar refractivity (Wildman–Crippen MR) is 84.9 cm³/mol. The number of nitro groups is 1. The molecule has 8 heteroatoms. The molecule has 1 aromatic rings. The Bertz CT molecular complexity index is 547. The molecule has 0 unspecified atom stereocenters. The maximum atomic E-state index is 11.5. The highest BCUT2D eigenvalue weighted by Gasteiger charge is 2.22. The number of hydrogen-bond acceptors (Lipinski definition) is 5. The fourth-order valence-electron chi connectivity index (χ4n) is 2.43. The maximum Gasteiger partial charge on any atom is 0.411 e. The molecule has 0 atom stereocenters. The van der Waals surface area contributed by atoms with Gasteiger partial charge in [-0.15, -0.1) is 11.6 Å². The summed E-state index contributed by atoms with van der Waals surface area (Å²) in [6.07, 6.45) is 2.53. The minimum absolute atomic E-state index is 0.0166. The van der Waals surface area contributed by atoms with Gasteiger partial charge in [-0.25, -0.2) is 4.79 Å². The Morgan fingerprint density at radius 3 is 2.73 bits per heavy atom. The third-order valence-electron chi connectivity index (χ3n) is 3.43. The number of piperidine rings is 1. The summed E-state index contributed by atoms with van der Waals surface area (Å²) < 4.78 is 4.78. The van der Waals surface area contributed by atoms with Crippen molar-refractivity contribution < 1.29 is 14.5 Å². The Hall–Kier alpha value is -2.02. The molecule has 0 radical (unpaired) electrons. The quantitative estimate of drug-likeness (QED) is 0.509. The molecule has 0 bridgehead atoms. The van der Waals surface area contributed by atoms with E-state index in [1.807, 2.05) is 4.90 Å². The molecule has 2 rings (SSSR count). The number of anilines is 2. The van der Waals surface area contributed by atoms with Crippen molar-refractivity contribution in [2.75, 3.05) is 35.8 Å². The van der Waals surface area contributed by atoms with E-state index >= 15 is 0 Å². The van der Waals surface area contributed by atoms with Crippen molar-refractivity contribution in [3.8, 4) is 0 Å². The molecular weight excluding hydrogens is 310 g/mol. The van der Waals surface area contributed by atoms with Gasteiger partial charge in [0, 0.05) is 19.2 Å². The zero-order valence-electron chi connectivity index (χ0n) is 12.1. The molecule has 1 saturated heterocycles. The SMILES string of the molecule is O=C(Nc1ccc(N2CCCCC2)c([N+](=O)[O-])c1)OCCCl. The molecule has 1 N–H and O–H groups in total. The predicted octanol–water partition coefficient (Wildman–Crippen LogP) is 3.37. The van der Waals surface area contributed by atoms with Gasteiger partial charge in [0.05, 0.1) is 16.5 Å². The number of carbonyl (C=O) groups excluding carboxylic acids is 1. The van der Waals surface area contributed by atoms with Crippen molar-refractivity contribution >= 4 is 34.8 Å². The van der Waals surface area contributed by atoms with Crippen LogP contribution in [0.5, 0.6) is 0 Å². The van der Waals surface area contributed by atoms with E-state index in [4.69, 9.17) is 16.3 Å². The van der Waals surface area contributed by atoms with Gasteiger partial charge < -0.3 is 9.64 Å². The molecule has 1 fully saturated rings. The van der Waals surface area contributed by atoms with E-state index in [0.29, 0.717) is 11.4 Å². The summed E-state index contributed by atoms with van der Waals surface area (Å²) >= 11 is 5.42. The van der Waals surface area contributed by atoms with Crippen LogP contribution in [0.1, 0.15) is 19.3 Å². The molecule has 0 aliphatic carbocycles. The summed E-state index contributed by atoms with van der Waals surface area (Å²) in [7, 11) is 0. The second-order valence-electron chi connectivity index (χ2n) is 4.96. The first-order valence-electron chi connectivity index (χ1n) is 7.15. The number of carbonyl (C=O) groups is 1. The lowest BCUT2D eigenvalue weighted by molar-refractivity contribution is -0.384. The Morgan fingerprint density at radius 1 is 1.36 bits per heavy atom. The van der Waals surface area contributed by atoms with E-state index in [2.05, 4.69) is 5.32 Å². The lowest BCUT2D eigenvalue weighted by Crippen LogP contribution is -2.30. The van der Waals surface area contributed by atoms with E-state index < -0.39 is 11.0 Å². The van der Waals surface area contributed by atoms with Crippen LogP contribution in [-0.4, -0.2) is 36.6 Å². The Balaban J connectivity index is 2.16. The lowest BCUT2D eigenvalue weighted by Gasteiger charge is -2.28. The van der Waals surface area contributed by atoms with Gasteiger partial charge in [-0.1, -0.05) is 0 Å². The molecule has 1 heterocycles. The molecule has 7 nitrogen and oxygen atoms in total. The van der Waals surface area contributed by atoms with Crippen LogP contribution in [0, 0.1) is 10.1 Å². The van der Waals surface area contributed by atoms with Crippen LogP contribution in [0.15, 0.2) is 18.2 Å². The van der Waals surface area contributed by atoms with Gasteiger partial charge in [0.2, 0.25) is 0 Å². The first-order valence-corrected chi connectivity index (χ1v) is 7.68. The van der Waals surface area contributed by atoms with Gasteiger partial charge in [-0.3, -0.25) is 15.4 Å². The number of nitro benzene ring substituents is 1. The molecule has 0 saturated carbocycles. The van der Waals surface area contributed by atoms with Crippen LogP contribution >= 0.6 is 11.6 Å². The van der Waals surface area contributed by atoms with Crippen LogP contribution in [0.25, 0.3) is 0 Å². The summed E-state index contributed by atoms with van der Waals surface area (Å²) in [6, 6.07) is 4.66. The largest absolute Gasteiger partial charge is 0.448 e. The summed E-state index contributed by atoms with van der Waals surface area (Å²) in [5, 5.41) is 13.8. The Kier molecular flexibility index (Phi) is 5.83. The summed E-state index contributed by atoms with van der Waals surface area (Å²) in [4.78, 5) is 24.3. The highest BCUT2D eigenvalue weighted by molar-refractivity contribution is 6.18. The molecule has 0 aromatic heterocycles. The van der Waals surface area contributed by atoms with Gasteiger partial charge in [0.15, 0.2) is 0 Å². The third-order valence-corrected chi connectivity index (χ3v) is 3.58. The summed E-state index contributed by atoms with van der Waals surface area (Å²) in [5.41, 5.74) is 0.897. The normalized spacial score (nSPS) is 14.5. The summed E-state index contributed by atoms with van der Waals surface area (Å²) in [6.45, 7) is 1.71. The van der Waals surface area contributed by atoms with Crippen molar-refractivity contribution in [1.29, 1.82) is 0 Å². The lowest BCUT2D eigenvalue weighted by atomic mass is 10.1. The van der Waals surface area contributed by atoms with Crippen molar-refractivity contribution in [2.45, 2.75) is 19.3 Å². The molecule has 0 spiro atoms. The van der Waals surface area contributed by atoms with Crippen LogP contribution in [0.2, 0.25) is 0 Å². The number of ether oxygens (including phenoxy) is 1. The average molecular weight is 328 g/mol. The number of nitrogens with zero attached hydrogens (tertiary/aromatic N) is 2. The zero-order valence-corrected chi connectivity index (χ0v) is 12.8. The minimum atomic E-state index is -0.680. The number of rotatable bonds is 5. The molecule has 1 aliphatic heterocycles. The van der Waals surface area contributed by atoms with Crippen LogP contribution in [0.3, 0.4) is 0 Å². The number of hydrogen-bond donors (Lipinski definition) is 1. The number of nitrogens with one attached hydrogen (secondary N) is 1. The molecule has 22 heavy (non-hydrogen) atoms. The van der Waals surface area contributed by atoms with Gasteiger partial charge in [0.25, 0.3) is 5.69 Å². The van der Waals surface area contributed by atoms with E-state index in [0.717, 1.165) is 32.4 Å². The second kappa shape index (κ2) is 7.84. The fraction of sp³-hybridized carbons (Fsp3) is 0.500. The molecular formula is C14H18ClN3O4.